The minimum absolute atomic E-state index is 0.214. The second kappa shape index (κ2) is 5.64. The van der Waals surface area contributed by atoms with Crippen molar-refractivity contribution in [2.45, 2.75) is 58.4 Å². The molecule has 0 radical (unpaired) electrons. The molecular formula is C17H28N2. The first-order chi connectivity index (χ1) is 8.91. The van der Waals surface area contributed by atoms with Gasteiger partial charge in [-0.2, -0.15) is 0 Å². The van der Waals surface area contributed by atoms with Gasteiger partial charge in [-0.25, -0.2) is 0 Å². The highest BCUT2D eigenvalue weighted by molar-refractivity contribution is 5.29. The summed E-state index contributed by atoms with van der Waals surface area (Å²) in [4.78, 5) is 0. The van der Waals surface area contributed by atoms with Gasteiger partial charge in [-0.15, -0.1) is 0 Å². The van der Waals surface area contributed by atoms with Crippen LogP contribution in [0.5, 0.6) is 0 Å². The second-order valence-corrected chi connectivity index (χ2v) is 7.19. The van der Waals surface area contributed by atoms with E-state index >= 15 is 0 Å². The van der Waals surface area contributed by atoms with Gasteiger partial charge in [0, 0.05) is 6.04 Å². The lowest BCUT2D eigenvalue weighted by Gasteiger charge is -2.25. The Morgan fingerprint density at radius 3 is 2.21 bits per heavy atom. The molecule has 0 saturated heterocycles. The van der Waals surface area contributed by atoms with E-state index in [-0.39, 0.29) is 5.41 Å². The lowest BCUT2D eigenvalue weighted by molar-refractivity contribution is 0.364. The molecule has 1 saturated carbocycles. The van der Waals surface area contributed by atoms with Crippen molar-refractivity contribution >= 4 is 0 Å². The maximum absolute atomic E-state index is 5.80. The summed E-state index contributed by atoms with van der Waals surface area (Å²) in [7, 11) is 0. The highest BCUT2D eigenvalue weighted by Crippen LogP contribution is 2.38. The van der Waals surface area contributed by atoms with E-state index in [0.29, 0.717) is 12.0 Å². The van der Waals surface area contributed by atoms with Gasteiger partial charge in [0.15, 0.2) is 0 Å². The largest absolute Gasteiger partial charge is 0.271 e. The van der Waals surface area contributed by atoms with E-state index in [4.69, 9.17) is 5.84 Å². The van der Waals surface area contributed by atoms with E-state index in [0.717, 1.165) is 5.92 Å². The summed E-state index contributed by atoms with van der Waals surface area (Å²) < 4.78 is 0. The number of hydrogen-bond acceptors (Lipinski definition) is 2. The minimum Gasteiger partial charge on any atom is -0.271 e. The van der Waals surface area contributed by atoms with Crippen LogP contribution in [-0.4, -0.2) is 0 Å². The number of rotatable bonds is 3. The Bertz CT molecular complexity index is 402. The lowest BCUT2D eigenvalue weighted by Crippen LogP contribution is -2.32. The van der Waals surface area contributed by atoms with Crippen molar-refractivity contribution in [1.29, 1.82) is 0 Å². The molecule has 1 aliphatic carbocycles. The summed E-state index contributed by atoms with van der Waals surface area (Å²) in [5.74, 6) is 7.33. The molecule has 1 aromatic rings. The standard InChI is InChI=1S/C17H28N2/c1-12-5-6-14(11-12)16(19-18)13-7-9-15(10-8-13)17(2,3)4/h7-10,12,14,16,19H,5-6,11,18H2,1-4H3. The van der Waals surface area contributed by atoms with Crippen LogP contribution in [0.3, 0.4) is 0 Å². The van der Waals surface area contributed by atoms with Crippen molar-refractivity contribution in [1.82, 2.24) is 5.43 Å². The quantitative estimate of drug-likeness (QED) is 0.638. The molecule has 3 atom stereocenters. The predicted molar refractivity (Wildman–Crippen MR) is 81.7 cm³/mol. The first-order valence-corrected chi connectivity index (χ1v) is 7.48. The van der Waals surface area contributed by atoms with Crippen LogP contribution in [0.25, 0.3) is 0 Å². The maximum Gasteiger partial charge on any atom is 0.0488 e. The molecule has 2 rings (SSSR count). The van der Waals surface area contributed by atoms with Crippen molar-refractivity contribution in [3.8, 4) is 0 Å². The van der Waals surface area contributed by atoms with Gasteiger partial charge in [-0.1, -0.05) is 58.4 Å². The smallest absolute Gasteiger partial charge is 0.0488 e. The molecule has 0 amide bonds. The average Bonchev–Trinajstić information content (AvgIpc) is 2.76. The van der Waals surface area contributed by atoms with E-state index in [1.807, 2.05) is 0 Å². The Hall–Kier alpha value is -0.860. The van der Waals surface area contributed by atoms with Crippen molar-refractivity contribution in [3.63, 3.8) is 0 Å². The third kappa shape index (κ3) is 3.37. The van der Waals surface area contributed by atoms with E-state index < -0.39 is 0 Å². The Labute approximate surface area is 117 Å². The van der Waals surface area contributed by atoms with Crippen molar-refractivity contribution in [2.24, 2.45) is 17.7 Å². The summed E-state index contributed by atoms with van der Waals surface area (Å²) in [6, 6.07) is 9.29. The number of hydrazine groups is 1. The van der Waals surface area contributed by atoms with Crippen LogP contribution in [-0.2, 0) is 5.41 Å². The van der Waals surface area contributed by atoms with Crippen LogP contribution in [0.1, 0.15) is 64.1 Å². The van der Waals surface area contributed by atoms with Crippen molar-refractivity contribution < 1.29 is 0 Å². The highest BCUT2D eigenvalue weighted by Gasteiger charge is 2.29. The van der Waals surface area contributed by atoms with Crippen molar-refractivity contribution in [2.75, 3.05) is 0 Å². The zero-order valence-corrected chi connectivity index (χ0v) is 12.7. The fourth-order valence-corrected chi connectivity index (χ4v) is 3.25. The minimum atomic E-state index is 0.214. The van der Waals surface area contributed by atoms with Gasteiger partial charge >= 0.3 is 0 Å². The summed E-state index contributed by atoms with van der Waals surface area (Å²) in [5, 5.41) is 0. The molecule has 2 nitrogen and oxygen atoms in total. The van der Waals surface area contributed by atoms with E-state index in [9.17, 15) is 0 Å². The van der Waals surface area contributed by atoms with E-state index in [2.05, 4.69) is 57.4 Å². The van der Waals surface area contributed by atoms with Crippen LogP contribution >= 0.6 is 0 Å². The summed E-state index contributed by atoms with van der Waals surface area (Å²) in [6.07, 6.45) is 3.91. The van der Waals surface area contributed by atoms with E-state index in [1.165, 1.54) is 30.4 Å². The normalized spacial score (nSPS) is 25.5. The fourth-order valence-electron chi connectivity index (χ4n) is 3.25. The predicted octanol–water partition coefficient (Wildman–Crippen LogP) is 3.92. The molecule has 2 heteroatoms. The third-order valence-electron chi connectivity index (χ3n) is 4.52. The molecule has 0 aliphatic heterocycles. The highest BCUT2D eigenvalue weighted by atomic mass is 15.2. The molecule has 0 aromatic heterocycles. The molecular weight excluding hydrogens is 232 g/mol. The Morgan fingerprint density at radius 1 is 1.16 bits per heavy atom. The zero-order chi connectivity index (χ0) is 14.0. The molecule has 106 valence electrons. The summed E-state index contributed by atoms with van der Waals surface area (Å²) in [6.45, 7) is 9.09. The molecule has 0 bridgehead atoms. The monoisotopic (exact) mass is 260 g/mol. The number of nitrogens with one attached hydrogen (secondary N) is 1. The van der Waals surface area contributed by atoms with Crippen LogP contribution < -0.4 is 11.3 Å². The van der Waals surface area contributed by atoms with Gasteiger partial charge in [0.25, 0.3) is 0 Å². The van der Waals surface area contributed by atoms with Gasteiger partial charge in [0.2, 0.25) is 0 Å². The number of benzene rings is 1. The van der Waals surface area contributed by atoms with Gasteiger partial charge in [-0.3, -0.25) is 11.3 Å². The van der Waals surface area contributed by atoms with Gasteiger partial charge in [0.05, 0.1) is 0 Å². The van der Waals surface area contributed by atoms with Gasteiger partial charge in [0.1, 0.15) is 0 Å². The summed E-state index contributed by atoms with van der Waals surface area (Å²) >= 11 is 0. The first kappa shape index (κ1) is 14.5. The second-order valence-electron chi connectivity index (χ2n) is 7.19. The number of nitrogens with two attached hydrogens (primary N) is 1. The van der Waals surface area contributed by atoms with Crippen LogP contribution in [0, 0.1) is 11.8 Å². The Kier molecular flexibility index (Phi) is 4.32. The molecule has 1 aromatic carbocycles. The molecule has 19 heavy (non-hydrogen) atoms. The first-order valence-electron chi connectivity index (χ1n) is 7.48. The van der Waals surface area contributed by atoms with Crippen LogP contribution in [0.15, 0.2) is 24.3 Å². The molecule has 0 heterocycles. The van der Waals surface area contributed by atoms with Gasteiger partial charge in [-0.05, 0) is 41.2 Å². The molecule has 3 unspecified atom stereocenters. The zero-order valence-electron chi connectivity index (χ0n) is 12.7. The lowest BCUT2D eigenvalue weighted by atomic mass is 9.85. The maximum atomic E-state index is 5.80. The molecule has 0 spiro atoms. The molecule has 1 fully saturated rings. The topological polar surface area (TPSA) is 38.0 Å². The van der Waals surface area contributed by atoms with E-state index in [1.54, 1.807) is 0 Å². The molecule has 1 aliphatic rings. The Morgan fingerprint density at radius 2 is 1.79 bits per heavy atom. The third-order valence-corrected chi connectivity index (χ3v) is 4.52. The average molecular weight is 260 g/mol. The number of hydrogen-bond donors (Lipinski definition) is 2. The van der Waals surface area contributed by atoms with Gasteiger partial charge < -0.3 is 0 Å². The molecule has 3 N–H and O–H groups in total. The van der Waals surface area contributed by atoms with Crippen molar-refractivity contribution in [3.05, 3.63) is 35.4 Å². The van der Waals surface area contributed by atoms with Crippen LogP contribution in [0.4, 0.5) is 0 Å². The summed E-state index contributed by atoms with van der Waals surface area (Å²) in [5.41, 5.74) is 5.96. The SMILES string of the molecule is CC1CCC(C(NN)c2ccc(C(C)(C)C)cc2)C1. The fraction of sp³-hybridized carbons (Fsp3) is 0.647. The van der Waals surface area contributed by atoms with Crippen LogP contribution in [0.2, 0.25) is 0 Å². The Balaban J connectivity index is 2.15.